The van der Waals surface area contributed by atoms with Gasteiger partial charge in [0.25, 0.3) is 0 Å². The number of aromatic nitrogens is 4. The first kappa shape index (κ1) is 15.1. The molecule has 0 spiro atoms. The number of benzene rings is 1. The van der Waals surface area contributed by atoms with Crippen LogP contribution in [-0.2, 0) is 0 Å². The van der Waals surface area contributed by atoms with Crippen LogP contribution in [0.3, 0.4) is 0 Å². The van der Waals surface area contributed by atoms with Gasteiger partial charge in [0.15, 0.2) is 5.82 Å². The summed E-state index contributed by atoms with van der Waals surface area (Å²) in [5.41, 5.74) is 0.828. The lowest BCUT2D eigenvalue weighted by molar-refractivity contribution is 0.194. The van der Waals surface area contributed by atoms with Crippen LogP contribution < -0.4 is 5.32 Å². The van der Waals surface area contributed by atoms with Crippen molar-refractivity contribution in [3.63, 3.8) is 0 Å². The van der Waals surface area contributed by atoms with Crippen LogP contribution in [0, 0.1) is 6.92 Å². The number of aryl methyl sites for hydroxylation is 1. The summed E-state index contributed by atoms with van der Waals surface area (Å²) in [7, 11) is 0. The minimum Gasteiger partial charge on any atom is -0.324 e. The van der Waals surface area contributed by atoms with Crippen molar-refractivity contribution in [3.05, 3.63) is 41.2 Å². The number of hydrogen-bond acceptors (Lipinski definition) is 5. The van der Waals surface area contributed by atoms with Crippen LogP contribution in [0.25, 0.3) is 4.96 Å². The van der Waals surface area contributed by atoms with Crippen molar-refractivity contribution in [2.45, 2.75) is 25.7 Å². The number of carbonyl (C=O) groups is 1. The van der Waals surface area contributed by atoms with Crippen LogP contribution in [0.15, 0.2) is 30.3 Å². The highest BCUT2D eigenvalue weighted by Gasteiger charge is 2.26. The topological polar surface area (TPSA) is 75.4 Å². The highest BCUT2D eigenvalue weighted by Crippen LogP contribution is 2.31. The first-order valence-electron chi connectivity index (χ1n) is 8.00. The van der Waals surface area contributed by atoms with Crippen molar-refractivity contribution in [3.8, 4) is 0 Å². The summed E-state index contributed by atoms with van der Waals surface area (Å²) in [6.07, 6.45) is 1.84. The maximum Gasteiger partial charge on any atom is 0.321 e. The Hall–Kier alpha value is -2.48. The molecular weight excluding hydrogens is 324 g/mol. The van der Waals surface area contributed by atoms with Crippen LogP contribution >= 0.6 is 11.3 Å². The third-order valence-corrected chi connectivity index (χ3v) is 5.38. The molecule has 24 heavy (non-hydrogen) atoms. The van der Waals surface area contributed by atoms with Gasteiger partial charge in [0.1, 0.15) is 5.01 Å². The van der Waals surface area contributed by atoms with E-state index in [4.69, 9.17) is 0 Å². The van der Waals surface area contributed by atoms with Gasteiger partial charge >= 0.3 is 6.03 Å². The molecule has 0 saturated carbocycles. The van der Waals surface area contributed by atoms with Crippen LogP contribution in [0.4, 0.5) is 10.5 Å². The molecular formula is C16H18N6OS. The van der Waals surface area contributed by atoms with Gasteiger partial charge < -0.3 is 10.2 Å². The maximum absolute atomic E-state index is 12.3. The van der Waals surface area contributed by atoms with Gasteiger partial charge in [-0.05, 0) is 31.9 Å². The molecule has 3 aromatic rings. The third-order valence-electron chi connectivity index (χ3n) is 4.32. The molecule has 0 unspecified atom stereocenters. The molecule has 1 aromatic carbocycles. The number of rotatable bonds is 2. The molecule has 2 aromatic heterocycles. The molecule has 0 bridgehead atoms. The summed E-state index contributed by atoms with van der Waals surface area (Å²) in [5.74, 6) is 1.20. The van der Waals surface area contributed by atoms with E-state index in [2.05, 4.69) is 20.6 Å². The SMILES string of the molecule is Cc1nnc2sc(C3CCN(C(=O)Nc4ccccc4)CC3)nn12. The number of amides is 2. The van der Waals surface area contributed by atoms with Crippen LogP contribution in [-0.4, -0.2) is 43.8 Å². The lowest BCUT2D eigenvalue weighted by Crippen LogP contribution is -2.40. The number of likely N-dealkylation sites (tertiary alicyclic amines) is 1. The van der Waals surface area contributed by atoms with Gasteiger partial charge in [-0.15, -0.1) is 10.2 Å². The van der Waals surface area contributed by atoms with Crippen LogP contribution in [0.1, 0.15) is 29.6 Å². The summed E-state index contributed by atoms with van der Waals surface area (Å²) in [6, 6.07) is 9.52. The molecule has 8 heteroatoms. The van der Waals surface area contributed by atoms with Gasteiger partial charge in [0, 0.05) is 24.7 Å². The normalized spacial score (nSPS) is 15.8. The highest BCUT2D eigenvalue weighted by molar-refractivity contribution is 7.16. The molecule has 1 saturated heterocycles. The van der Waals surface area contributed by atoms with Gasteiger partial charge in [-0.3, -0.25) is 0 Å². The zero-order valence-corrected chi connectivity index (χ0v) is 14.2. The fourth-order valence-electron chi connectivity index (χ4n) is 2.95. The highest BCUT2D eigenvalue weighted by atomic mass is 32.1. The van der Waals surface area contributed by atoms with Crippen LogP contribution in [0.2, 0.25) is 0 Å². The van der Waals surface area contributed by atoms with Crippen LogP contribution in [0.5, 0.6) is 0 Å². The number of piperidine rings is 1. The number of fused-ring (bicyclic) bond motifs is 1. The molecule has 3 heterocycles. The smallest absolute Gasteiger partial charge is 0.321 e. The Morgan fingerprint density at radius 1 is 1.21 bits per heavy atom. The third kappa shape index (κ3) is 2.84. The van der Waals surface area contributed by atoms with E-state index >= 15 is 0 Å². The molecule has 124 valence electrons. The van der Waals surface area contributed by atoms with Crippen molar-refractivity contribution in [2.75, 3.05) is 18.4 Å². The Labute approximate surface area is 143 Å². The number of carbonyl (C=O) groups excluding carboxylic acids is 1. The van der Waals surface area contributed by atoms with E-state index in [1.165, 1.54) is 0 Å². The largest absolute Gasteiger partial charge is 0.324 e. The minimum absolute atomic E-state index is 0.0337. The molecule has 1 fully saturated rings. The van der Waals surface area contributed by atoms with Gasteiger partial charge in [-0.25, -0.2) is 4.79 Å². The predicted octanol–water partition coefficient (Wildman–Crippen LogP) is 2.91. The quantitative estimate of drug-likeness (QED) is 0.777. The average Bonchev–Trinajstić information content (AvgIpc) is 3.18. The number of hydrogen-bond donors (Lipinski definition) is 1. The average molecular weight is 342 g/mol. The Morgan fingerprint density at radius 2 is 1.96 bits per heavy atom. The molecule has 7 nitrogen and oxygen atoms in total. The Morgan fingerprint density at radius 3 is 2.67 bits per heavy atom. The molecule has 1 aliphatic rings. The molecule has 1 aliphatic heterocycles. The molecule has 2 amide bonds. The monoisotopic (exact) mass is 342 g/mol. The van der Waals surface area contributed by atoms with Gasteiger partial charge in [0.2, 0.25) is 4.96 Å². The minimum atomic E-state index is -0.0337. The Balaban J connectivity index is 1.38. The summed E-state index contributed by atoms with van der Waals surface area (Å²) in [5, 5.41) is 16.8. The standard InChI is InChI=1S/C16H18N6OS/c1-11-18-19-16-22(11)20-14(24-16)12-7-9-21(10-8-12)15(23)17-13-5-3-2-4-6-13/h2-6,12H,7-10H2,1H3,(H,17,23). The number of nitrogens with one attached hydrogen (secondary N) is 1. The second-order valence-corrected chi connectivity index (χ2v) is 6.93. The van der Waals surface area contributed by atoms with Crippen molar-refractivity contribution in [1.29, 1.82) is 0 Å². The Bertz CT molecular complexity index is 850. The van der Waals surface area contributed by atoms with E-state index < -0.39 is 0 Å². The summed E-state index contributed by atoms with van der Waals surface area (Å²) < 4.78 is 1.80. The van der Waals surface area contributed by atoms with Crippen molar-refractivity contribution in [2.24, 2.45) is 0 Å². The molecule has 0 aliphatic carbocycles. The Kier molecular flexibility index (Phi) is 3.89. The number of anilines is 1. The second kappa shape index (κ2) is 6.20. The first-order chi connectivity index (χ1) is 11.7. The lowest BCUT2D eigenvalue weighted by atomic mass is 9.98. The second-order valence-electron chi connectivity index (χ2n) is 5.94. The van der Waals surface area contributed by atoms with Gasteiger partial charge in [0.05, 0.1) is 0 Å². The van der Waals surface area contributed by atoms with Crippen molar-refractivity contribution in [1.82, 2.24) is 24.7 Å². The van der Waals surface area contributed by atoms with E-state index in [0.29, 0.717) is 5.92 Å². The van der Waals surface area contributed by atoms with Gasteiger partial charge in [-0.1, -0.05) is 29.5 Å². The fraction of sp³-hybridized carbons (Fsp3) is 0.375. The van der Waals surface area contributed by atoms with E-state index in [1.807, 2.05) is 42.2 Å². The number of para-hydroxylation sites is 1. The van der Waals surface area contributed by atoms with Crippen molar-refractivity contribution < 1.29 is 4.79 Å². The molecule has 4 rings (SSSR count). The van der Waals surface area contributed by atoms with Crippen molar-refractivity contribution >= 4 is 28.0 Å². The fourth-order valence-corrected chi connectivity index (χ4v) is 4.00. The number of nitrogens with zero attached hydrogens (tertiary/aromatic N) is 5. The molecule has 1 N–H and O–H groups in total. The van der Waals surface area contributed by atoms with E-state index in [0.717, 1.165) is 47.4 Å². The predicted molar refractivity (Wildman–Crippen MR) is 92.4 cm³/mol. The molecule has 0 atom stereocenters. The van der Waals surface area contributed by atoms with E-state index in [9.17, 15) is 4.79 Å². The first-order valence-corrected chi connectivity index (χ1v) is 8.82. The van der Waals surface area contributed by atoms with E-state index in [-0.39, 0.29) is 6.03 Å². The lowest BCUT2D eigenvalue weighted by Gasteiger charge is -2.31. The van der Waals surface area contributed by atoms with E-state index in [1.54, 1.807) is 15.9 Å². The molecule has 0 radical (unpaired) electrons. The zero-order chi connectivity index (χ0) is 16.5. The zero-order valence-electron chi connectivity index (χ0n) is 13.3. The number of urea groups is 1. The summed E-state index contributed by atoms with van der Waals surface area (Å²) in [4.78, 5) is 15.0. The summed E-state index contributed by atoms with van der Waals surface area (Å²) in [6.45, 7) is 3.38. The summed E-state index contributed by atoms with van der Waals surface area (Å²) >= 11 is 1.60. The van der Waals surface area contributed by atoms with Gasteiger partial charge in [-0.2, -0.15) is 9.61 Å². The maximum atomic E-state index is 12.3.